The molecule has 178 valence electrons. The highest BCUT2D eigenvalue weighted by atomic mass is 32.2. The fraction of sp³-hybridized carbons (Fsp3) is 0.720. The Hall–Kier alpha value is -1.60. The molecule has 0 unspecified atom stereocenters. The fourth-order valence-electron chi connectivity index (χ4n) is 6.71. The first-order valence-electron chi connectivity index (χ1n) is 12.5. The molecule has 6 nitrogen and oxygen atoms in total. The fourth-order valence-corrected chi connectivity index (χ4v) is 8.08. The third kappa shape index (κ3) is 4.98. The van der Waals surface area contributed by atoms with Crippen molar-refractivity contribution in [3.63, 3.8) is 0 Å². The van der Waals surface area contributed by atoms with Gasteiger partial charge in [0.1, 0.15) is 0 Å². The van der Waals surface area contributed by atoms with Crippen LogP contribution in [0.2, 0.25) is 0 Å². The van der Waals surface area contributed by atoms with Crippen molar-refractivity contribution in [1.29, 1.82) is 0 Å². The van der Waals surface area contributed by atoms with Gasteiger partial charge in [0.05, 0.1) is 4.90 Å². The molecule has 7 heteroatoms. The molecule has 2 bridgehead atoms. The smallest absolute Gasteiger partial charge is 0.421 e. The number of carboxylic acid groups (broad SMARTS) is 1. The molecule has 4 rings (SSSR count). The standard InChI is InChI=1S/C25H38N2O4S/c1-2-8-19-9-6-10-21(15-19)27-22-11-7-12-23(27)17-20(16-22)18-26(25(28)29)32(30,31)24-13-4-3-5-14-24/h3-5,13-14,19-23H,2,6-12,15-18H2,1H3,(H,28,29)/t19-,20-,21-,22+,23-/m1/s1. The van der Waals surface area contributed by atoms with E-state index in [-0.39, 0.29) is 17.4 Å². The molecular formula is C25H38N2O4S. The molecule has 0 aromatic heterocycles. The Kier molecular flexibility index (Phi) is 7.45. The van der Waals surface area contributed by atoms with Gasteiger partial charge in [0.15, 0.2) is 0 Å². The summed E-state index contributed by atoms with van der Waals surface area (Å²) in [6.45, 7) is 2.35. The Morgan fingerprint density at radius 2 is 1.53 bits per heavy atom. The maximum atomic E-state index is 13.0. The van der Waals surface area contributed by atoms with Crippen LogP contribution in [-0.4, -0.2) is 53.5 Å². The summed E-state index contributed by atoms with van der Waals surface area (Å²) in [7, 11) is -4.05. The highest BCUT2D eigenvalue weighted by molar-refractivity contribution is 7.89. The number of sulfonamides is 1. The van der Waals surface area contributed by atoms with Crippen LogP contribution in [0.25, 0.3) is 0 Å². The number of carbonyl (C=O) groups is 1. The van der Waals surface area contributed by atoms with Crippen LogP contribution in [-0.2, 0) is 10.0 Å². The largest absolute Gasteiger partial charge is 0.464 e. The van der Waals surface area contributed by atoms with E-state index >= 15 is 0 Å². The topological polar surface area (TPSA) is 77.9 Å². The van der Waals surface area contributed by atoms with Crippen molar-refractivity contribution in [2.75, 3.05) is 6.54 Å². The number of piperidine rings is 2. The van der Waals surface area contributed by atoms with E-state index in [9.17, 15) is 18.3 Å². The monoisotopic (exact) mass is 462 g/mol. The number of fused-ring (bicyclic) bond motifs is 2. The summed E-state index contributed by atoms with van der Waals surface area (Å²) in [5.74, 6) is 0.932. The number of amides is 1. The molecular weight excluding hydrogens is 424 g/mol. The molecule has 2 saturated heterocycles. The predicted octanol–water partition coefficient (Wildman–Crippen LogP) is 5.35. The van der Waals surface area contributed by atoms with Crippen molar-refractivity contribution < 1.29 is 18.3 Å². The Morgan fingerprint density at radius 1 is 0.969 bits per heavy atom. The van der Waals surface area contributed by atoms with Crippen molar-refractivity contribution in [1.82, 2.24) is 9.21 Å². The highest BCUT2D eigenvalue weighted by Gasteiger charge is 2.44. The summed E-state index contributed by atoms with van der Waals surface area (Å²) in [6.07, 6.45) is 11.8. The molecule has 1 aromatic carbocycles. The minimum absolute atomic E-state index is 0.0456. The number of rotatable bonds is 7. The van der Waals surface area contributed by atoms with Gasteiger partial charge in [-0.3, -0.25) is 4.90 Å². The number of hydrogen-bond donors (Lipinski definition) is 1. The molecule has 0 spiro atoms. The van der Waals surface area contributed by atoms with Gasteiger partial charge in [-0.15, -0.1) is 0 Å². The predicted molar refractivity (Wildman–Crippen MR) is 125 cm³/mol. The summed E-state index contributed by atoms with van der Waals surface area (Å²) in [5, 5.41) is 9.78. The third-order valence-electron chi connectivity index (χ3n) is 7.97. The van der Waals surface area contributed by atoms with Crippen LogP contribution in [0.3, 0.4) is 0 Å². The second-order valence-electron chi connectivity index (χ2n) is 10.1. The quantitative estimate of drug-likeness (QED) is 0.591. The maximum Gasteiger partial charge on any atom is 0.421 e. The Bertz CT molecular complexity index is 859. The number of benzene rings is 1. The van der Waals surface area contributed by atoms with E-state index in [0.717, 1.165) is 31.6 Å². The van der Waals surface area contributed by atoms with Gasteiger partial charge in [0.25, 0.3) is 10.0 Å². The van der Waals surface area contributed by atoms with Gasteiger partial charge in [0, 0.05) is 24.7 Å². The van der Waals surface area contributed by atoms with Crippen molar-refractivity contribution in [3.8, 4) is 0 Å². The van der Waals surface area contributed by atoms with Gasteiger partial charge in [-0.2, -0.15) is 0 Å². The van der Waals surface area contributed by atoms with E-state index < -0.39 is 16.1 Å². The van der Waals surface area contributed by atoms with Gasteiger partial charge in [-0.25, -0.2) is 17.5 Å². The zero-order chi connectivity index (χ0) is 22.7. The maximum absolute atomic E-state index is 13.0. The lowest BCUT2D eigenvalue weighted by Gasteiger charge is -2.54. The Balaban J connectivity index is 1.47. The van der Waals surface area contributed by atoms with E-state index in [1.807, 2.05) is 0 Å². The average Bonchev–Trinajstić information content (AvgIpc) is 2.77. The van der Waals surface area contributed by atoms with Gasteiger partial charge in [0.2, 0.25) is 0 Å². The lowest BCUT2D eigenvalue weighted by Crippen LogP contribution is -2.58. The van der Waals surface area contributed by atoms with Crippen LogP contribution in [0.15, 0.2) is 35.2 Å². The molecule has 1 N–H and O–H groups in total. The summed E-state index contributed by atoms with van der Waals surface area (Å²) >= 11 is 0. The SMILES string of the molecule is CCC[C@@H]1CCC[C@@H](N2[C@@H]3CCC[C@H]2C[C@@H](CN(C(=O)O)S(=O)(=O)c2ccccc2)C3)C1. The summed E-state index contributed by atoms with van der Waals surface area (Å²) in [4.78, 5) is 14.8. The summed E-state index contributed by atoms with van der Waals surface area (Å²) in [5.41, 5.74) is 0. The Morgan fingerprint density at radius 3 is 2.09 bits per heavy atom. The van der Waals surface area contributed by atoms with Gasteiger partial charge in [-0.05, 0) is 62.5 Å². The lowest BCUT2D eigenvalue weighted by atomic mass is 9.74. The molecule has 1 saturated carbocycles. The number of hydrogen-bond acceptors (Lipinski definition) is 4. The molecule has 5 atom stereocenters. The summed E-state index contributed by atoms with van der Waals surface area (Å²) in [6, 6.07) is 9.52. The molecule has 1 amide bonds. The van der Waals surface area contributed by atoms with Crippen molar-refractivity contribution in [3.05, 3.63) is 30.3 Å². The van der Waals surface area contributed by atoms with Crippen LogP contribution in [0.5, 0.6) is 0 Å². The second-order valence-corrected chi connectivity index (χ2v) is 12.0. The normalized spacial score (nSPS) is 31.2. The van der Waals surface area contributed by atoms with Crippen molar-refractivity contribution >= 4 is 16.1 Å². The Labute approximate surface area is 193 Å². The van der Waals surface area contributed by atoms with Crippen molar-refractivity contribution in [2.24, 2.45) is 11.8 Å². The van der Waals surface area contributed by atoms with Gasteiger partial charge < -0.3 is 5.11 Å². The minimum Gasteiger partial charge on any atom is -0.464 e. The second kappa shape index (κ2) is 10.1. The van der Waals surface area contributed by atoms with Crippen LogP contribution in [0, 0.1) is 11.8 Å². The zero-order valence-electron chi connectivity index (χ0n) is 19.2. The first kappa shape index (κ1) is 23.6. The highest BCUT2D eigenvalue weighted by Crippen LogP contribution is 2.43. The van der Waals surface area contributed by atoms with Crippen LogP contribution in [0.4, 0.5) is 4.79 Å². The zero-order valence-corrected chi connectivity index (χ0v) is 20.0. The van der Waals surface area contributed by atoms with Crippen LogP contribution < -0.4 is 0 Å². The van der Waals surface area contributed by atoms with E-state index in [1.165, 1.54) is 57.1 Å². The average molecular weight is 463 g/mol. The first-order valence-corrected chi connectivity index (χ1v) is 13.9. The van der Waals surface area contributed by atoms with E-state index in [1.54, 1.807) is 18.2 Å². The van der Waals surface area contributed by atoms with Crippen molar-refractivity contribution in [2.45, 2.75) is 101 Å². The molecule has 1 aliphatic carbocycles. The molecule has 3 aliphatic rings. The van der Waals surface area contributed by atoms with Gasteiger partial charge in [-0.1, -0.05) is 57.2 Å². The lowest BCUT2D eigenvalue weighted by molar-refractivity contribution is -0.0394. The van der Waals surface area contributed by atoms with Crippen LogP contribution >= 0.6 is 0 Å². The molecule has 3 fully saturated rings. The first-order chi connectivity index (χ1) is 15.4. The van der Waals surface area contributed by atoms with Gasteiger partial charge >= 0.3 is 6.09 Å². The van der Waals surface area contributed by atoms with Crippen LogP contribution in [0.1, 0.15) is 77.6 Å². The molecule has 32 heavy (non-hydrogen) atoms. The van der Waals surface area contributed by atoms with E-state index in [4.69, 9.17) is 0 Å². The molecule has 2 heterocycles. The minimum atomic E-state index is -4.05. The molecule has 0 radical (unpaired) electrons. The third-order valence-corrected chi connectivity index (χ3v) is 9.72. The number of nitrogens with zero attached hydrogens (tertiary/aromatic N) is 2. The molecule has 2 aliphatic heterocycles. The van der Waals surface area contributed by atoms with E-state index in [0.29, 0.717) is 22.4 Å². The summed E-state index contributed by atoms with van der Waals surface area (Å²) < 4.78 is 26.8. The molecule has 1 aromatic rings. The van der Waals surface area contributed by atoms with E-state index in [2.05, 4.69) is 11.8 Å².